The summed E-state index contributed by atoms with van der Waals surface area (Å²) in [5.74, 6) is -0.272. The number of nitrogens with zero attached hydrogens (tertiary/aromatic N) is 1. The fourth-order valence-corrected chi connectivity index (χ4v) is 3.40. The highest BCUT2D eigenvalue weighted by molar-refractivity contribution is 7.89. The minimum Gasteiger partial charge on any atom is -0.495 e. The number of methoxy groups -OCH3 is 1. The van der Waals surface area contributed by atoms with Crippen molar-refractivity contribution < 1.29 is 17.9 Å². The van der Waals surface area contributed by atoms with Crippen molar-refractivity contribution in [1.29, 1.82) is 0 Å². The maximum atomic E-state index is 12.5. The van der Waals surface area contributed by atoms with E-state index in [0.717, 1.165) is 11.1 Å². The van der Waals surface area contributed by atoms with E-state index in [1.807, 2.05) is 13.8 Å². The minimum absolute atomic E-state index is 0.0203. The van der Waals surface area contributed by atoms with Crippen LogP contribution in [0.15, 0.2) is 34.0 Å². The molecule has 1 heterocycles. The van der Waals surface area contributed by atoms with E-state index in [-0.39, 0.29) is 29.4 Å². The van der Waals surface area contributed by atoms with Crippen LogP contribution in [0, 0.1) is 13.8 Å². The molecular weight excluding hydrogens is 360 g/mol. The van der Waals surface area contributed by atoms with Crippen LogP contribution in [0.4, 0.5) is 0 Å². The molecule has 0 aliphatic rings. The average Bonchev–Trinajstić information content (AvgIpc) is 2.61. The molecular formula is C16H20N4O5S. The van der Waals surface area contributed by atoms with Crippen molar-refractivity contribution in [1.82, 2.24) is 20.2 Å². The Bertz CT molecular complexity index is 949. The number of hydrogen-bond donors (Lipinski definition) is 3. The maximum Gasteiger partial charge on any atom is 0.271 e. The van der Waals surface area contributed by atoms with Gasteiger partial charge in [0.05, 0.1) is 7.11 Å². The molecule has 0 saturated carbocycles. The standard InChI is InChI=1S/C16H20N4O5S/c1-10-8-13(25-3)14(9-11(10)2)26(23,24)18-7-6-17-16(22)12-4-5-15(21)20-19-12/h4-5,8-9,18H,6-7H2,1-3H3,(H,17,22)(H,20,21). The minimum atomic E-state index is -3.80. The fraction of sp³-hybridized carbons (Fsp3) is 0.312. The van der Waals surface area contributed by atoms with Gasteiger partial charge in [-0.3, -0.25) is 9.59 Å². The lowest BCUT2D eigenvalue weighted by molar-refractivity contribution is 0.0948. The molecule has 0 fully saturated rings. The van der Waals surface area contributed by atoms with Gasteiger partial charge in [-0.25, -0.2) is 18.2 Å². The van der Waals surface area contributed by atoms with Crippen LogP contribution in [-0.2, 0) is 10.0 Å². The first-order valence-corrected chi connectivity index (χ1v) is 9.22. The van der Waals surface area contributed by atoms with Gasteiger partial charge in [-0.05, 0) is 43.2 Å². The number of ether oxygens (including phenoxy) is 1. The molecule has 9 nitrogen and oxygen atoms in total. The van der Waals surface area contributed by atoms with Crippen molar-refractivity contribution >= 4 is 15.9 Å². The summed E-state index contributed by atoms with van der Waals surface area (Å²) in [6.45, 7) is 3.70. The molecule has 0 unspecified atom stereocenters. The number of aromatic nitrogens is 2. The molecule has 0 bridgehead atoms. The van der Waals surface area contributed by atoms with Crippen molar-refractivity contribution in [2.45, 2.75) is 18.7 Å². The molecule has 0 spiro atoms. The monoisotopic (exact) mass is 380 g/mol. The number of carbonyl (C=O) groups excluding carboxylic acids is 1. The van der Waals surface area contributed by atoms with Gasteiger partial charge in [0.25, 0.3) is 11.5 Å². The van der Waals surface area contributed by atoms with E-state index < -0.39 is 21.5 Å². The topological polar surface area (TPSA) is 130 Å². The number of amides is 1. The van der Waals surface area contributed by atoms with Gasteiger partial charge in [0, 0.05) is 19.2 Å². The first-order valence-electron chi connectivity index (χ1n) is 7.73. The summed E-state index contributed by atoms with van der Waals surface area (Å²) >= 11 is 0. The van der Waals surface area contributed by atoms with E-state index >= 15 is 0 Å². The Morgan fingerprint density at radius 3 is 2.50 bits per heavy atom. The summed E-state index contributed by atoms with van der Waals surface area (Å²) in [5, 5.41) is 8.25. The third kappa shape index (κ3) is 4.67. The smallest absolute Gasteiger partial charge is 0.271 e. The number of hydrogen-bond acceptors (Lipinski definition) is 6. The lowest BCUT2D eigenvalue weighted by Gasteiger charge is -2.13. The van der Waals surface area contributed by atoms with Gasteiger partial charge in [0.1, 0.15) is 16.3 Å². The largest absolute Gasteiger partial charge is 0.495 e. The fourth-order valence-electron chi connectivity index (χ4n) is 2.13. The van der Waals surface area contributed by atoms with Crippen LogP contribution in [-0.4, -0.2) is 44.7 Å². The average molecular weight is 380 g/mol. The summed E-state index contributed by atoms with van der Waals surface area (Å²) in [6.07, 6.45) is 0. The third-order valence-corrected chi connectivity index (χ3v) is 5.17. The SMILES string of the molecule is COc1cc(C)c(C)cc1S(=O)(=O)NCCNC(=O)c1ccc(=O)[nH]n1. The second-order valence-corrected chi connectivity index (χ2v) is 7.28. The zero-order valence-electron chi connectivity index (χ0n) is 14.6. The van der Waals surface area contributed by atoms with E-state index in [2.05, 4.69) is 20.2 Å². The number of aromatic amines is 1. The quantitative estimate of drug-likeness (QED) is 0.584. The van der Waals surface area contributed by atoms with Crippen LogP contribution in [0.3, 0.4) is 0 Å². The molecule has 0 radical (unpaired) electrons. The van der Waals surface area contributed by atoms with Gasteiger partial charge in [-0.1, -0.05) is 0 Å². The Balaban J connectivity index is 1.98. The van der Waals surface area contributed by atoms with Crippen LogP contribution in [0.2, 0.25) is 0 Å². The molecule has 1 aromatic heterocycles. The number of H-pyrrole nitrogens is 1. The van der Waals surface area contributed by atoms with Gasteiger partial charge < -0.3 is 10.1 Å². The molecule has 3 N–H and O–H groups in total. The molecule has 0 aliphatic carbocycles. The van der Waals surface area contributed by atoms with Crippen LogP contribution < -0.4 is 20.3 Å². The van der Waals surface area contributed by atoms with Crippen molar-refractivity contribution in [3.8, 4) is 5.75 Å². The summed E-state index contributed by atoms with van der Waals surface area (Å²) in [4.78, 5) is 22.8. The first-order chi connectivity index (χ1) is 12.2. The first kappa shape index (κ1) is 19.6. The highest BCUT2D eigenvalue weighted by Crippen LogP contribution is 2.26. The zero-order valence-corrected chi connectivity index (χ0v) is 15.4. The summed E-state index contributed by atoms with van der Waals surface area (Å²) in [7, 11) is -2.40. The van der Waals surface area contributed by atoms with Gasteiger partial charge in [0.15, 0.2) is 0 Å². The van der Waals surface area contributed by atoms with E-state index in [9.17, 15) is 18.0 Å². The molecule has 140 valence electrons. The number of rotatable bonds is 7. The summed E-state index contributed by atoms with van der Waals surface area (Å²) in [6, 6.07) is 5.65. The Morgan fingerprint density at radius 1 is 1.19 bits per heavy atom. The number of nitrogens with one attached hydrogen (secondary N) is 3. The second kappa shape index (κ2) is 8.11. The van der Waals surface area contributed by atoms with Gasteiger partial charge in [-0.2, -0.15) is 5.10 Å². The van der Waals surface area contributed by atoms with Crippen molar-refractivity contribution in [2.24, 2.45) is 0 Å². The number of carbonyl (C=O) groups is 1. The van der Waals surface area contributed by atoms with Crippen LogP contribution >= 0.6 is 0 Å². The van der Waals surface area contributed by atoms with Gasteiger partial charge >= 0.3 is 0 Å². The van der Waals surface area contributed by atoms with Crippen molar-refractivity contribution in [2.75, 3.05) is 20.2 Å². The molecule has 0 atom stereocenters. The number of sulfonamides is 1. The van der Waals surface area contributed by atoms with Crippen molar-refractivity contribution in [3.05, 3.63) is 51.4 Å². The Morgan fingerprint density at radius 2 is 1.88 bits per heavy atom. The summed E-state index contributed by atoms with van der Waals surface area (Å²) < 4.78 is 32.5. The maximum absolute atomic E-state index is 12.5. The van der Waals surface area contributed by atoms with E-state index in [1.54, 1.807) is 12.1 Å². The van der Waals surface area contributed by atoms with Crippen LogP contribution in [0.5, 0.6) is 5.75 Å². The Kier molecular flexibility index (Phi) is 6.11. The van der Waals surface area contributed by atoms with Gasteiger partial charge in [-0.15, -0.1) is 0 Å². The normalized spacial score (nSPS) is 11.2. The summed E-state index contributed by atoms with van der Waals surface area (Å²) in [5.41, 5.74) is 1.35. The number of benzene rings is 1. The third-order valence-electron chi connectivity index (χ3n) is 3.68. The number of aryl methyl sites for hydroxylation is 2. The highest BCUT2D eigenvalue weighted by Gasteiger charge is 2.20. The highest BCUT2D eigenvalue weighted by atomic mass is 32.2. The predicted molar refractivity (Wildman–Crippen MR) is 94.8 cm³/mol. The van der Waals surface area contributed by atoms with E-state index in [4.69, 9.17) is 4.74 Å². The van der Waals surface area contributed by atoms with Crippen LogP contribution in [0.1, 0.15) is 21.6 Å². The molecule has 0 saturated heterocycles. The molecule has 26 heavy (non-hydrogen) atoms. The molecule has 1 aromatic carbocycles. The van der Waals surface area contributed by atoms with Crippen LogP contribution in [0.25, 0.3) is 0 Å². The van der Waals surface area contributed by atoms with Crippen molar-refractivity contribution in [3.63, 3.8) is 0 Å². The molecule has 2 rings (SSSR count). The molecule has 10 heteroatoms. The lowest BCUT2D eigenvalue weighted by Crippen LogP contribution is -2.35. The predicted octanol–water partition coefficient (Wildman–Crippen LogP) is 0.104. The Labute approximate surface area is 150 Å². The van der Waals surface area contributed by atoms with Gasteiger partial charge in [0.2, 0.25) is 10.0 Å². The molecule has 1 amide bonds. The Hall–Kier alpha value is -2.72. The lowest BCUT2D eigenvalue weighted by atomic mass is 10.1. The molecule has 0 aliphatic heterocycles. The van der Waals surface area contributed by atoms with E-state index in [1.165, 1.54) is 19.2 Å². The zero-order chi connectivity index (χ0) is 19.3. The second-order valence-electron chi connectivity index (χ2n) is 5.55. The molecule has 2 aromatic rings. The van der Waals surface area contributed by atoms with E-state index in [0.29, 0.717) is 0 Å².